The van der Waals surface area contributed by atoms with E-state index in [0.29, 0.717) is 29.2 Å². The first-order valence-corrected chi connectivity index (χ1v) is 11.7. The van der Waals surface area contributed by atoms with Gasteiger partial charge in [0, 0.05) is 11.6 Å². The number of carbonyl (C=O) groups is 1. The maximum Gasteiger partial charge on any atom is 0.311 e. The molecule has 204 valence electrons. The number of ether oxygens (including phenoxy) is 5. The van der Waals surface area contributed by atoms with Crippen molar-refractivity contribution in [1.82, 2.24) is 0 Å². The van der Waals surface area contributed by atoms with E-state index < -0.39 is 10.7 Å². The SMILES string of the molecule is COc1cc(C/C=C\C(=O)c2ccc(OC)c([N+](=O)[O-])c2)c(/C=C\c2cc(OC)c(OC)c(OC)c2)cc1O. The minimum atomic E-state index is -0.603. The number of phenolic OH excluding ortho intramolecular Hbond substituents is 1. The van der Waals surface area contributed by atoms with Crippen LogP contribution in [0.2, 0.25) is 0 Å². The number of aromatic hydroxyl groups is 1. The third-order valence-electron chi connectivity index (χ3n) is 5.85. The van der Waals surface area contributed by atoms with Crippen molar-refractivity contribution < 1.29 is 38.5 Å². The molecule has 0 aliphatic heterocycles. The van der Waals surface area contributed by atoms with Gasteiger partial charge in [-0.05, 0) is 65.6 Å². The zero-order chi connectivity index (χ0) is 28.5. The van der Waals surface area contributed by atoms with Crippen molar-refractivity contribution in [3.63, 3.8) is 0 Å². The van der Waals surface area contributed by atoms with Gasteiger partial charge in [0.2, 0.25) is 5.75 Å². The molecule has 10 nitrogen and oxygen atoms in total. The Morgan fingerprint density at radius 3 is 2.05 bits per heavy atom. The van der Waals surface area contributed by atoms with Gasteiger partial charge in [0.1, 0.15) is 0 Å². The van der Waals surface area contributed by atoms with Crippen molar-refractivity contribution in [1.29, 1.82) is 0 Å². The van der Waals surface area contributed by atoms with Crippen LogP contribution in [0.15, 0.2) is 54.6 Å². The maximum atomic E-state index is 12.7. The molecule has 0 radical (unpaired) electrons. The quantitative estimate of drug-likeness (QED) is 0.105. The highest BCUT2D eigenvalue weighted by molar-refractivity contribution is 6.05. The Morgan fingerprint density at radius 1 is 0.846 bits per heavy atom. The van der Waals surface area contributed by atoms with Crippen LogP contribution >= 0.6 is 0 Å². The average molecular weight is 536 g/mol. The van der Waals surface area contributed by atoms with Crippen LogP contribution in [0, 0.1) is 10.1 Å². The second kappa shape index (κ2) is 13.0. The van der Waals surface area contributed by atoms with Crippen LogP contribution in [0.3, 0.4) is 0 Å². The summed E-state index contributed by atoms with van der Waals surface area (Å²) in [4.78, 5) is 23.4. The van der Waals surface area contributed by atoms with Crippen LogP contribution in [-0.4, -0.2) is 51.4 Å². The first-order chi connectivity index (χ1) is 18.8. The molecule has 0 saturated carbocycles. The minimum absolute atomic E-state index is 0.0450. The number of carbonyl (C=O) groups excluding carboxylic acids is 1. The number of rotatable bonds is 12. The lowest BCUT2D eigenvalue weighted by Crippen LogP contribution is -1.99. The third-order valence-corrected chi connectivity index (χ3v) is 5.85. The molecule has 0 fully saturated rings. The number of methoxy groups -OCH3 is 5. The molecule has 0 heterocycles. The molecule has 3 aromatic rings. The summed E-state index contributed by atoms with van der Waals surface area (Å²) in [7, 11) is 7.35. The van der Waals surface area contributed by atoms with Gasteiger partial charge in [-0.15, -0.1) is 0 Å². The van der Waals surface area contributed by atoms with Gasteiger partial charge in [0.15, 0.2) is 34.5 Å². The number of hydrogen-bond acceptors (Lipinski definition) is 9. The summed E-state index contributed by atoms with van der Waals surface area (Å²) in [5, 5.41) is 21.7. The fourth-order valence-electron chi connectivity index (χ4n) is 3.88. The summed E-state index contributed by atoms with van der Waals surface area (Å²) in [5.41, 5.74) is 2.07. The van der Waals surface area contributed by atoms with E-state index in [1.165, 1.54) is 59.8 Å². The van der Waals surface area contributed by atoms with Gasteiger partial charge in [-0.3, -0.25) is 14.9 Å². The van der Waals surface area contributed by atoms with E-state index in [1.54, 1.807) is 36.4 Å². The molecule has 3 rings (SSSR count). The smallest absolute Gasteiger partial charge is 0.311 e. The Kier molecular flexibility index (Phi) is 9.53. The number of nitro benzene ring substituents is 1. The number of phenols is 1. The van der Waals surface area contributed by atoms with Gasteiger partial charge in [-0.1, -0.05) is 18.2 Å². The molecule has 39 heavy (non-hydrogen) atoms. The van der Waals surface area contributed by atoms with E-state index in [9.17, 15) is 20.0 Å². The predicted molar refractivity (Wildman–Crippen MR) is 147 cm³/mol. The maximum absolute atomic E-state index is 12.7. The molecular weight excluding hydrogens is 506 g/mol. The normalized spacial score (nSPS) is 11.0. The zero-order valence-corrected chi connectivity index (χ0v) is 22.2. The summed E-state index contributed by atoms with van der Waals surface area (Å²) in [6.07, 6.45) is 6.92. The second-order valence-electron chi connectivity index (χ2n) is 8.13. The van der Waals surface area contributed by atoms with Crippen molar-refractivity contribution in [2.75, 3.05) is 35.5 Å². The minimum Gasteiger partial charge on any atom is -0.504 e. The number of allylic oxidation sites excluding steroid dienone is 2. The van der Waals surface area contributed by atoms with Crippen molar-refractivity contribution >= 4 is 23.6 Å². The van der Waals surface area contributed by atoms with Gasteiger partial charge in [-0.25, -0.2) is 0 Å². The summed E-state index contributed by atoms with van der Waals surface area (Å²) >= 11 is 0. The molecule has 0 amide bonds. The van der Waals surface area contributed by atoms with Crippen LogP contribution in [0.1, 0.15) is 27.0 Å². The van der Waals surface area contributed by atoms with Crippen LogP contribution in [-0.2, 0) is 6.42 Å². The number of nitro groups is 1. The average Bonchev–Trinajstić information content (AvgIpc) is 2.95. The van der Waals surface area contributed by atoms with Crippen molar-refractivity contribution in [2.24, 2.45) is 0 Å². The summed E-state index contributed by atoms with van der Waals surface area (Å²) in [6.45, 7) is 0. The van der Waals surface area contributed by atoms with Crippen LogP contribution in [0.5, 0.6) is 34.5 Å². The Hall–Kier alpha value is -4.99. The Labute approximate surface area is 225 Å². The molecule has 0 spiro atoms. The molecule has 0 bridgehead atoms. The lowest BCUT2D eigenvalue weighted by molar-refractivity contribution is -0.385. The second-order valence-corrected chi connectivity index (χ2v) is 8.13. The molecule has 3 aromatic carbocycles. The van der Waals surface area contributed by atoms with Crippen LogP contribution < -0.4 is 23.7 Å². The monoisotopic (exact) mass is 535 g/mol. The Bertz CT molecular complexity index is 1400. The lowest BCUT2D eigenvalue weighted by atomic mass is 10.0. The summed E-state index contributed by atoms with van der Waals surface area (Å²) in [6, 6.07) is 10.8. The van der Waals surface area contributed by atoms with Crippen LogP contribution in [0.4, 0.5) is 5.69 Å². The summed E-state index contributed by atoms with van der Waals surface area (Å²) in [5.74, 6) is 1.36. The highest BCUT2D eigenvalue weighted by Crippen LogP contribution is 2.39. The highest BCUT2D eigenvalue weighted by Gasteiger charge is 2.17. The first kappa shape index (κ1) is 28.6. The first-order valence-electron chi connectivity index (χ1n) is 11.7. The Morgan fingerprint density at radius 2 is 1.49 bits per heavy atom. The van der Waals surface area contributed by atoms with E-state index in [2.05, 4.69) is 0 Å². The van der Waals surface area contributed by atoms with Gasteiger partial charge in [-0.2, -0.15) is 0 Å². The topological polar surface area (TPSA) is 127 Å². The molecule has 0 atom stereocenters. The number of nitrogens with zero attached hydrogens (tertiary/aromatic N) is 1. The molecular formula is C29H29NO9. The highest BCUT2D eigenvalue weighted by atomic mass is 16.6. The van der Waals surface area contributed by atoms with Crippen molar-refractivity contribution in [3.05, 3.63) is 87.0 Å². The van der Waals surface area contributed by atoms with E-state index in [1.807, 2.05) is 6.08 Å². The largest absolute Gasteiger partial charge is 0.504 e. The number of hydrogen-bond donors (Lipinski definition) is 1. The van der Waals surface area contributed by atoms with E-state index in [-0.39, 0.29) is 28.5 Å². The molecule has 10 heteroatoms. The predicted octanol–water partition coefficient (Wildman–Crippen LogP) is 5.50. The molecule has 1 N–H and O–H groups in total. The third kappa shape index (κ3) is 6.67. The summed E-state index contributed by atoms with van der Waals surface area (Å²) < 4.78 is 26.4. The number of benzene rings is 3. The fourth-order valence-corrected chi connectivity index (χ4v) is 3.88. The molecule has 0 aliphatic rings. The Balaban J connectivity index is 1.90. The van der Waals surface area contributed by atoms with Crippen molar-refractivity contribution in [2.45, 2.75) is 6.42 Å². The number of ketones is 1. The zero-order valence-electron chi connectivity index (χ0n) is 22.2. The molecule has 0 saturated heterocycles. The molecule has 0 unspecified atom stereocenters. The lowest BCUT2D eigenvalue weighted by Gasteiger charge is -2.13. The van der Waals surface area contributed by atoms with Gasteiger partial charge in [0.25, 0.3) is 0 Å². The van der Waals surface area contributed by atoms with E-state index >= 15 is 0 Å². The van der Waals surface area contributed by atoms with Gasteiger partial charge < -0.3 is 28.8 Å². The van der Waals surface area contributed by atoms with Gasteiger partial charge >= 0.3 is 5.69 Å². The molecule has 0 aliphatic carbocycles. The van der Waals surface area contributed by atoms with Gasteiger partial charge in [0.05, 0.1) is 40.5 Å². The van der Waals surface area contributed by atoms with Crippen molar-refractivity contribution in [3.8, 4) is 34.5 Å². The fraction of sp³-hybridized carbons (Fsp3) is 0.207. The van der Waals surface area contributed by atoms with E-state index in [4.69, 9.17) is 23.7 Å². The standard InChI is InChI=1S/C29H29NO9/c1-35-25-12-11-21(15-22(25)30(33)34)23(31)8-6-7-19-17-26(36-2)24(32)16-20(19)10-9-18-13-27(37-3)29(39-5)28(14-18)38-4/h6,8-17,32H,7H2,1-5H3/b8-6-,10-9-. The van der Waals surface area contributed by atoms with E-state index in [0.717, 1.165) is 11.1 Å². The molecule has 0 aromatic heterocycles. The van der Waals surface area contributed by atoms with Crippen LogP contribution in [0.25, 0.3) is 12.2 Å².